The summed E-state index contributed by atoms with van der Waals surface area (Å²) < 4.78 is 13.7. The lowest BCUT2D eigenvalue weighted by atomic mass is 10.2. The van der Waals surface area contributed by atoms with Crippen molar-refractivity contribution in [3.63, 3.8) is 0 Å². The quantitative estimate of drug-likeness (QED) is 0.772. The van der Waals surface area contributed by atoms with Crippen LogP contribution in [0.1, 0.15) is 16.1 Å². The number of para-hydroxylation sites is 1. The molecule has 0 aliphatic rings. The minimum absolute atomic E-state index is 0.189. The maximum atomic E-state index is 13.7. The molecule has 0 bridgehead atoms. The highest BCUT2D eigenvalue weighted by Gasteiger charge is 2.10. The third kappa shape index (κ3) is 2.74. The number of pyridine rings is 1. The summed E-state index contributed by atoms with van der Waals surface area (Å²) in [5.74, 6) is -0.788. The first-order valence-corrected chi connectivity index (χ1v) is 6.57. The number of fused-ring (bicyclic) bond motifs is 1. The number of anilines is 1. The number of amides is 1. The van der Waals surface area contributed by atoms with Crippen molar-refractivity contribution in [3.05, 3.63) is 71.7 Å². The molecule has 21 heavy (non-hydrogen) atoms. The van der Waals surface area contributed by atoms with E-state index in [9.17, 15) is 9.18 Å². The van der Waals surface area contributed by atoms with E-state index < -0.39 is 5.82 Å². The van der Waals surface area contributed by atoms with Crippen LogP contribution in [0.15, 0.2) is 54.6 Å². The molecule has 1 amide bonds. The van der Waals surface area contributed by atoms with Gasteiger partial charge in [0.2, 0.25) is 0 Å². The average molecular weight is 280 g/mol. The van der Waals surface area contributed by atoms with E-state index in [4.69, 9.17) is 0 Å². The predicted molar refractivity (Wildman–Crippen MR) is 80.8 cm³/mol. The minimum Gasteiger partial charge on any atom is -0.321 e. The Morgan fingerprint density at radius 1 is 1.10 bits per heavy atom. The zero-order chi connectivity index (χ0) is 14.8. The largest absolute Gasteiger partial charge is 0.321 e. The lowest BCUT2D eigenvalue weighted by Crippen LogP contribution is -2.13. The van der Waals surface area contributed by atoms with Crippen molar-refractivity contribution in [1.82, 2.24) is 4.98 Å². The molecule has 3 nitrogen and oxygen atoms in total. The molecule has 0 aliphatic heterocycles. The molecule has 4 heteroatoms. The Kier molecular flexibility index (Phi) is 3.36. The molecule has 0 saturated carbocycles. The van der Waals surface area contributed by atoms with E-state index in [2.05, 4.69) is 10.3 Å². The third-order valence-electron chi connectivity index (χ3n) is 3.18. The van der Waals surface area contributed by atoms with Crippen LogP contribution < -0.4 is 5.32 Å². The summed E-state index contributed by atoms with van der Waals surface area (Å²) in [6.45, 7) is 1.94. The summed E-state index contributed by atoms with van der Waals surface area (Å²) in [6, 6.07) is 15.4. The number of hydrogen-bond acceptors (Lipinski definition) is 2. The van der Waals surface area contributed by atoms with Crippen molar-refractivity contribution in [1.29, 1.82) is 0 Å². The van der Waals surface area contributed by atoms with E-state index in [1.807, 2.05) is 25.1 Å². The number of carbonyl (C=O) groups excluding carboxylic acids is 1. The third-order valence-corrected chi connectivity index (χ3v) is 3.18. The Labute approximate surface area is 121 Å². The molecule has 3 rings (SSSR count). The number of benzene rings is 2. The van der Waals surface area contributed by atoms with E-state index in [-0.39, 0.29) is 17.1 Å². The normalized spacial score (nSPS) is 10.6. The number of aryl methyl sites for hydroxylation is 1. The molecule has 2 aromatic carbocycles. The smallest absolute Gasteiger partial charge is 0.274 e. The van der Waals surface area contributed by atoms with Gasteiger partial charge in [-0.25, -0.2) is 9.37 Å². The Morgan fingerprint density at radius 3 is 2.71 bits per heavy atom. The fourth-order valence-electron chi connectivity index (χ4n) is 2.16. The van der Waals surface area contributed by atoms with Gasteiger partial charge in [0.25, 0.3) is 5.91 Å². The van der Waals surface area contributed by atoms with Crippen molar-refractivity contribution >= 4 is 22.5 Å². The molecule has 1 heterocycles. The Bertz CT molecular complexity index is 830. The monoisotopic (exact) mass is 280 g/mol. The first-order valence-electron chi connectivity index (χ1n) is 6.57. The van der Waals surface area contributed by atoms with Gasteiger partial charge in [-0.05, 0) is 36.8 Å². The topological polar surface area (TPSA) is 42.0 Å². The van der Waals surface area contributed by atoms with Crippen molar-refractivity contribution < 1.29 is 9.18 Å². The molecule has 1 aromatic heterocycles. The molecule has 0 spiro atoms. The maximum absolute atomic E-state index is 13.7. The van der Waals surface area contributed by atoms with E-state index in [1.54, 1.807) is 30.3 Å². The maximum Gasteiger partial charge on any atom is 0.274 e. The van der Waals surface area contributed by atoms with Crippen LogP contribution in [-0.2, 0) is 0 Å². The molecule has 0 radical (unpaired) electrons. The van der Waals surface area contributed by atoms with Crippen LogP contribution in [0.2, 0.25) is 0 Å². The van der Waals surface area contributed by atoms with Crippen LogP contribution in [-0.4, -0.2) is 10.9 Å². The summed E-state index contributed by atoms with van der Waals surface area (Å²) >= 11 is 0. The summed E-state index contributed by atoms with van der Waals surface area (Å²) in [5.41, 5.74) is 2.13. The molecule has 0 saturated heterocycles. The molecule has 104 valence electrons. The fraction of sp³-hybridized carbons (Fsp3) is 0.0588. The van der Waals surface area contributed by atoms with Gasteiger partial charge in [-0.15, -0.1) is 0 Å². The fourth-order valence-corrected chi connectivity index (χ4v) is 2.16. The van der Waals surface area contributed by atoms with Crippen LogP contribution in [0.4, 0.5) is 10.1 Å². The predicted octanol–water partition coefficient (Wildman–Crippen LogP) is 3.93. The molecule has 3 aromatic rings. The van der Waals surface area contributed by atoms with E-state index in [1.165, 1.54) is 6.07 Å². The van der Waals surface area contributed by atoms with Crippen LogP contribution in [0.3, 0.4) is 0 Å². The van der Waals surface area contributed by atoms with Gasteiger partial charge in [-0.1, -0.05) is 30.3 Å². The van der Waals surface area contributed by atoms with Gasteiger partial charge in [0.1, 0.15) is 17.0 Å². The van der Waals surface area contributed by atoms with Gasteiger partial charge in [0, 0.05) is 11.1 Å². The summed E-state index contributed by atoms with van der Waals surface area (Å²) in [4.78, 5) is 16.3. The lowest BCUT2D eigenvalue weighted by molar-refractivity contribution is 0.102. The van der Waals surface area contributed by atoms with Crippen molar-refractivity contribution in [3.8, 4) is 0 Å². The number of nitrogens with one attached hydrogen (secondary N) is 1. The summed E-state index contributed by atoms with van der Waals surface area (Å²) in [6.07, 6.45) is 0. The number of carbonyl (C=O) groups is 1. The number of nitrogens with zero attached hydrogens (tertiary/aromatic N) is 1. The van der Waals surface area contributed by atoms with Gasteiger partial charge in [0.15, 0.2) is 0 Å². The van der Waals surface area contributed by atoms with Crippen molar-refractivity contribution in [2.75, 3.05) is 5.32 Å². The van der Waals surface area contributed by atoms with Crippen LogP contribution in [0, 0.1) is 12.7 Å². The van der Waals surface area contributed by atoms with Crippen molar-refractivity contribution in [2.45, 2.75) is 6.92 Å². The van der Waals surface area contributed by atoms with Gasteiger partial charge in [-0.3, -0.25) is 4.79 Å². The van der Waals surface area contributed by atoms with Crippen molar-refractivity contribution in [2.24, 2.45) is 0 Å². The molecule has 0 fully saturated rings. The number of aromatic nitrogens is 1. The summed E-state index contributed by atoms with van der Waals surface area (Å²) in [7, 11) is 0. The SMILES string of the molecule is Cc1cccc(NC(=O)c2ccc3cccc(F)c3n2)c1. The van der Waals surface area contributed by atoms with Gasteiger partial charge >= 0.3 is 0 Å². The van der Waals surface area contributed by atoms with Crippen LogP contribution in [0.25, 0.3) is 10.9 Å². The number of halogens is 1. The zero-order valence-corrected chi connectivity index (χ0v) is 11.4. The Balaban J connectivity index is 1.93. The Hall–Kier alpha value is -2.75. The highest BCUT2D eigenvalue weighted by Crippen LogP contribution is 2.17. The zero-order valence-electron chi connectivity index (χ0n) is 11.4. The van der Waals surface area contributed by atoms with Crippen LogP contribution >= 0.6 is 0 Å². The van der Waals surface area contributed by atoms with Crippen LogP contribution in [0.5, 0.6) is 0 Å². The van der Waals surface area contributed by atoms with E-state index in [0.717, 1.165) is 5.56 Å². The highest BCUT2D eigenvalue weighted by molar-refractivity contribution is 6.04. The highest BCUT2D eigenvalue weighted by atomic mass is 19.1. The second-order valence-corrected chi connectivity index (χ2v) is 4.83. The lowest BCUT2D eigenvalue weighted by Gasteiger charge is -2.06. The minimum atomic E-state index is -0.433. The molecule has 0 atom stereocenters. The van der Waals surface area contributed by atoms with E-state index in [0.29, 0.717) is 11.1 Å². The second-order valence-electron chi connectivity index (χ2n) is 4.83. The number of rotatable bonds is 2. The second kappa shape index (κ2) is 5.32. The first kappa shape index (κ1) is 13.2. The molecule has 0 aliphatic carbocycles. The van der Waals surface area contributed by atoms with Gasteiger partial charge in [0.05, 0.1) is 0 Å². The molecule has 0 unspecified atom stereocenters. The summed E-state index contributed by atoms with van der Waals surface area (Å²) in [5, 5.41) is 3.43. The number of hydrogen-bond donors (Lipinski definition) is 1. The molecular weight excluding hydrogens is 267 g/mol. The average Bonchev–Trinajstić information content (AvgIpc) is 2.47. The molecular formula is C17H13FN2O. The van der Waals surface area contributed by atoms with E-state index >= 15 is 0 Å². The molecule has 1 N–H and O–H groups in total. The standard InChI is InChI=1S/C17H13FN2O/c1-11-4-2-6-13(10-11)19-17(21)15-9-8-12-5-3-7-14(18)16(12)20-15/h2-10H,1H3,(H,19,21). The first-order chi connectivity index (χ1) is 10.1. The Morgan fingerprint density at radius 2 is 1.90 bits per heavy atom. The van der Waals surface area contributed by atoms with Gasteiger partial charge in [-0.2, -0.15) is 0 Å². The van der Waals surface area contributed by atoms with Gasteiger partial charge < -0.3 is 5.32 Å².